The fourth-order valence-corrected chi connectivity index (χ4v) is 3.22. The number of carbonyl (C=O) groups excluding carboxylic acids is 3. The van der Waals surface area contributed by atoms with Crippen molar-refractivity contribution in [1.29, 1.82) is 0 Å². The summed E-state index contributed by atoms with van der Waals surface area (Å²) in [5.41, 5.74) is 12.8. The van der Waals surface area contributed by atoms with E-state index in [4.69, 9.17) is 11.5 Å². The third-order valence-corrected chi connectivity index (χ3v) is 5.17. The maximum atomic E-state index is 12.5. The fourth-order valence-electron chi connectivity index (χ4n) is 3.22. The van der Waals surface area contributed by atoms with E-state index in [0.29, 0.717) is 25.4 Å². The Balaban J connectivity index is 2.58. The Bertz CT molecular complexity index is 727. The lowest BCUT2D eigenvalue weighted by Crippen LogP contribution is -2.52. The summed E-state index contributed by atoms with van der Waals surface area (Å²) in [6, 6.07) is 6.16. The van der Waals surface area contributed by atoms with E-state index in [1.54, 1.807) is 6.92 Å². The summed E-state index contributed by atoms with van der Waals surface area (Å²) in [5.74, 6) is 0.359. The number of carbonyl (C=O) groups is 3. The van der Waals surface area contributed by atoms with Crippen LogP contribution in [0.5, 0.6) is 0 Å². The lowest BCUT2D eigenvalue weighted by molar-refractivity contribution is 0.228. The standard InChI is InChI=1S/C23H41N7O3/c1-16-7-9-19(10-8-16)12-20(15-28-22(32)29-18(3)14-26-21(25)31)30-23(33)27-13-17(2)6-4-5-11-24/h7-10,17-18,20H,4-6,11-15,24H2,1-3H3,(H3,25,26,31)(H2,27,30,33)(H2,28,29,32)/t17-,18-,20-/m0/s1. The van der Waals surface area contributed by atoms with E-state index in [9.17, 15) is 14.4 Å². The summed E-state index contributed by atoms with van der Waals surface area (Å²) in [6.45, 7) is 7.59. The Labute approximate surface area is 197 Å². The third kappa shape index (κ3) is 13.9. The highest BCUT2D eigenvalue weighted by Crippen LogP contribution is 2.07. The van der Waals surface area contributed by atoms with Gasteiger partial charge in [0.2, 0.25) is 0 Å². The van der Waals surface area contributed by atoms with Crippen molar-refractivity contribution in [1.82, 2.24) is 26.6 Å². The second-order valence-corrected chi connectivity index (χ2v) is 8.63. The van der Waals surface area contributed by atoms with Crippen LogP contribution < -0.4 is 38.1 Å². The molecule has 3 atom stereocenters. The summed E-state index contributed by atoms with van der Waals surface area (Å²) >= 11 is 0. The normalized spacial score (nSPS) is 13.3. The Kier molecular flexibility index (Phi) is 13.4. The first-order valence-corrected chi connectivity index (χ1v) is 11.6. The van der Waals surface area contributed by atoms with E-state index in [1.807, 2.05) is 31.2 Å². The molecule has 1 rings (SSSR count). The highest BCUT2D eigenvalue weighted by Gasteiger charge is 2.16. The number of hydrogen-bond acceptors (Lipinski definition) is 4. The molecule has 0 saturated carbocycles. The van der Waals surface area contributed by atoms with Gasteiger partial charge >= 0.3 is 18.1 Å². The molecule has 1 aromatic carbocycles. The smallest absolute Gasteiger partial charge is 0.315 e. The molecule has 0 aliphatic heterocycles. The molecule has 0 unspecified atom stereocenters. The SMILES string of the molecule is Cc1ccc(C[C@@H](CNC(=O)N[C@@H](C)CNC(N)=O)NC(=O)NC[C@@H](C)CCCCN)cc1. The minimum Gasteiger partial charge on any atom is -0.352 e. The van der Waals surface area contributed by atoms with Crippen molar-refractivity contribution in [3.05, 3.63) is 35.4 Å². The van der Waals surface area contributed by atoms with Crippen LogP contribution in [0.2, 0.25) is 0 Å². The molecule has 33 heavy (non-hydrogen) atoms. The predicted octanol–water partition coefficient (Wildman–Crippen LogP) is 1.33. The van der Waals surface area contributed by atoms with Crippen molar-refractivity contribution in [2.45, 2.75) is 58.5 Å². The zero-order valence-corrected chi connectivity index (χ0v) is 20.1. The quantitative estimate of drug-likeness (QED) is 0.207. The number of urea groups is 3. The monoisotopic (exact) mass is 463 g/mol. The van der Waals surface area contributed by atoms with Gasteiger partial charge in [-0.05, 0) is 51.1 Å². The van der Waals surface area contributed by atoms with Gasteiger partial charge in [-0.2, -0.15) is 0 Å². The summed E-state index contributed by atoms with van der Waals surface area (Å²) < 4.78 is 0. The number of nitrogens with two attached hydrogens (primary N) is 2. The molecule has 1 aromatic rings. The van der Waals surface area contributed by atoms with Crippen molar-refractivity contribution >= 4 is 18.1 Å². The number of nitrogens with one attached hydrogen (secondary N) is 5. The molecule has 186 valence electrons. The molecule has 0 radical (unpaired) electrons. The van der Waals surface area contributed by atoms with Gasteiger partial charge < -0.3 is 38.1 Å². The Morgan fingerprint density at radius 3 is 2.15 bits per heavy atom. The summed E-state index contributed by atoms with van der Waals surface area (Å²) in [4.78, 5) is 35.5. The largest absolute Gasteiger partial charge is 0.352 e. The van der Waals surface area contributed by atoms with Gasteiger partial charge in [-0.25, -0.2) is 14.4 Å². The molecule has 0 spiro atoms. The lowest BCUT2D eigenvalue weighted by Gasteiger charge is -2.22. The maximum Gasteiger partial charge on any atom is 0.315 e. The number of rotatable bonds is 14. The van der Waals surface area contributed by atoms with Crippen LogP contribution in [0.1, 0.15) is 44.2 Å². The Hall–Kier alpha value is -3.01. The van der Waals surface area contributed by atoms with Crippen LogP contribution >= 0.6 is 0 Å². The second-order valence-electron chi connectivity index (χ2n) is 8.63. The molecule has 9 N–H and O–H groups in total. The van der Waals surface area contributed by atoms with Gasteiger partial charge in [-0.3, -0.25) is 0 Å². The molecule has 0 bridgehead atoms. The van der Waals surface area contributed by atoms with E-state index in [0.717, 1.165) is 30.4 Å². The zero-order valence-electron chi connectivity index (χ0n) is 20.1. The molecule has 0 aliphatic rings. The molecule has 0 aromatic heterocycles. The molecule has 0 fully saturated rings. The van der Waals surface area contributed by atoms with Crippen LogP contribution in [0, 0.1) is 12.8 Å². The third-order valence-electron chi connectivity index (χ3n) is 5.17. The number of hydrogen-bond donors (Lipinski definition) is 7. The van der Waals surface area contributed by atoms with Gasteiger partial charge in [0.1, 0.15) is 0 Å². The maximum absolute atomic E-state index is 12.5. The van der Waals surface area contributed by atoms with Gasteiger partial charge in [0.15, 0.2) is 0 Å². The Morgan fingerprint density at radius 2 is 1.52 bits per heavy atom. The van der Waals surface area contributed by atoms with Crippen molar-refractivity contribution in [3.63, 3.8) is 0 Å². The average molecular weight is 464 g/mol. The van der Waals surface area contributed by atoms with Crippen LogP contribution in [-0.4, -0.2) is 56.4 Å². The van der Waals surface area contributed by atoms with E-state index in [-0.39, 0.29) is 31.2 Å². The zero-order chi connectivity index (χ0) is 24.6. The highest BCUT2D eigenvalue weighted by atomic mass is 16.2. The molecule has 6 amide bonds. The molecule has 10 heteroatoms. The molecule has 10 nitrogen and oxygen atoms in total. The molecule has 0 saturated heterocycles. The topological polar surface area (TPSA) is 163 Å². The van der Waals surface area contributed by atoms with Gasteiger partial charge in [-0.1, -0.05) is 43.2 Å². The van der Waals surface area contributed by atoms with Crippen LogP contribution in [0.15, 0.2) is 24.3 Å². The number of amides is 6. The van der Waals surface area contributed by atoms with Crippen molar-refractivity contribution in [2.75, 3.05) is 26.2 Å². The van der Waals surface area contributed by atoms with E-state index >= 15 is 0 Å². The summed E-state index contributed by atoms with van der Waals surface area (Å²) in [5, 5.41) is 13.8. The summed E-state index contributed by atoms with van der Waals surface area (Å²) in [6.07, 6.45) is 3.61. The van der Waals surface area contributed by atoms with Gasteiger partial charge in [-0.15, -0.1) is 0 Å². The molecular weight excluding hydrogens is 422 g/mol. The van der Waals surface area contributed by atoms with Crippen molar-refractivity contribution in [2.24, 2.45) is 17.4 Å². The van der Waals surface area contributed by atoms with Gasteiger partial charge in [0.25, 0.3) is 0 Å². The fraction of sp³-hybridized carbons (Fsp3) is 0.609. The van der Waals surface area contributed by atoms with Crippen LogP contribution in [0.25, 0.3) is 0 Å². The second kappa shape index (κ2) is 15.7. The van der Waals surface area contributed by atoms with E-state index < -0.39 is 12.1 Å². The Morgan fingerprint density at radius 1 is 0.879 bits per heavy atom. The first kappa shape index (κ1) is 28.0. The molecular formula is C23H41N7O3. The first-order valence-electron chi connectivity index (χ1n) is 11.6. The van der Waals surface area contributed by atoms with E-state index in [1.165, 1.54) is 0 Å². The minimum absolute atomic E-state index is 0.222. The molecule has 0 heterocycles. The number of benzene rings is 1. The average Bonchev–Trinajstić information content (AvgIpc) is 2.76. The first-order chi connectivity index (χ1) is 15.7. The number of aryl methyl sites for hydroxylation is 1. The minimum atomic E-state index is -0.647. The van der Waals surface area contributed by atoms with Crippen molar-refractivity contribution < 1.29 is 14.4 Å². The summed E-state index contributed by atoms with van der Waals surface area (Å²) in [7, 11) is 0. The van der Waals surface area contributed by atoms with Gasteiger partial charge in [0, 0.05) is 25.7 Å². The van der Waals surface area contributed by atoms with Crippen LogP contribution in [0.4, 0.5) is 14.4 Å². The predicted molar refractivity (Wildman–Crippen MR) is 131 cm³/mol. The number of unbranched alkanes of at least 4 members (excludes halogenated alkanes) is 1. The van der Waals surface area contributed by atoms with Gasteiger partial charge in [0.05, 0.1) is 6.04 Å². The lowest BCUT2D eigenvalue weighted by atomic mass is 10.0. The molecule has 0 aliphatic carbocycles. The van der Waals surface area contributed by atoms with E-state index in [2.05, 4.69) is 33.5 Å². The highest BCUT2D eigenvalue weighted by molar-refractivity contribution is 5.76. The van der Waals surface area contributed by atoms with Crippen LogP contribution in [0.3, 0.4) is 0 Å². The van der Waals surface area contributed by atoms with Crippen molar-refractivity contribution in [3.8, 4) is 0 Å². The van der Waals surface area contributed by atoms with Crippen LogP contribution in [-0.2, 0) is 6.42 Å². The number of primary amides is 1.